The van der Waals surface area contributed by atoms with E-state index < -0.39 is 12.1 Å². The van der Waals surface area contributed by atoms with Gasteiger partial charge in [-0.25, -0.2) is 19.6 Å². The Bertz CT molecular complexity index is 1160. The van der Waals surface area contributed by atoms with E-state index >= 15 is 0 Å². The van der Waals surface area contributed by atoms with E-state index in [1.807, 2.05) is 6.07 Å². The molecule has 0 aliphatic heterocycles. The number of H-pyrrole nitrogens is 1. The Morgan fingerprint density at radius 3 is 2.73 bits per heavy atom. The van der Waals surface area contributed by atoms with Crippen LogP contribution in [0.15, 0.2) is 49.3 Å². The van der Waals surface area contributed by atoms with Gasteiger partial charge in [-0.15, -0.1) is 0 Å². The molecule has 7 nitrogen and oxygen atoms in total. The Kier molecular flexibility index (Phi) is 4.50. The largest absolute Gasteiger partial charge is 0.397 e. The van der Waals surface area contributed by atoms with Crippen molar-refractivity contribution in [3.8, 4) is 16.9 Å². The molecule has 1 aliphatic rings. The van der Waals surface area contributed by atoms with E-state index in [1.54, 1.807) is 31.0 Å². The van der Waals surface area contributed by atoms with Gasteiger partial charge in [-0.3, -0.25) is 0 Å². The molecule has 30 heavy (non-hydrogen) atoms. The predicted octanol–water partition coefficient (Wildman–Crippen LogP) is 3.60. The number of pyridine rings is 2. The quantitative estimate of drug-likeness (QED) is 0.505. The average Bonchev–Trinajstić information content (AvgIpc) is 3.22. The Labute approximate surface area is 169 Å². The number of nitrogens with one attached hydrogen (secondary N) is 2. The van der Waals surface area contributed by atoms with Gasteiger partial charge in [-0.2, -0.15) is 18.3 Å². The summed E-state index contributed by atoms with van der Waals surface area (Å²) in [5.74, 6) is -1.15. The minimum absolute atomic E-state index is 0.136. The van der Waals surface area contributed by atoms with Gasteiger partial charge in [0.15, 0.2) is 11.5 Å². The second kappa shape index (κ2) is 7.21. The zero-order valence-corrected chi connectivity index (χ0v) is 15.8. The highest BCUT2D eigenvalue weighted by Crippen LogP contribution is 2.35. The molecule has 0 bridgehead atoms. The smallest absolute Gasteiger partial charge is 0.329 e. The first kappa shape index (κ1) is 18.7. The van der Waals surface area contributed by atoms with Crippen LogP contribution in [-0.4, -0.2) is 48.5 Å². The lowest BCUT2D eigenvalue weighted by Crippen LogP contribution is -2.32. The minimum atomic E-state index is -4.33. The molecular formula is C20H18F3N7. The number of hydrogen-bond acceptors (Lipinski definition) is 5. The van der Waals surface area contributed by atoms with Crippen LogP contribution < -0.4 is 5.32 Å². The van der Waals surface area contributed by atoms with Crippen LogP contribution in [0, 0.1) is 0 Å². The second-order valence-corrected chi connectivity index (χ2v) is 7.36. The molecule has 4 aromatic heterocycles. The normalized spacial score (nSPS) is 15.6. The molecule has 0 amide bonds. The van der Waals surface area contributed by atoms with Gasteiger partial charge in [0, 0.05) is 42.3 Å². The third-order valence-corrected chi connectivity index (χ3v) is 5.20. The molecule has 1 atom stereocenters. The molecular weight excluding hydrogens is 395 g/mol. The SMILES string of the molecule is FC(F)(F)C(CNC1CC1)c1ccc(-n2cc(-c3ccnc4[nH]cnc34)cn2)nc1. The monoisotopic (exact) mass is 413 g/mol. The third kappa shape index (κ3) is 3.65. The van der Waals surface area contributed by atoms with Gasteiger partial charge in [0.25, 0.3) is 0 Å². The highest BCUT2D eigenvalue weighted by atomic mass is 19.4. The van der Waals surface area contributed by atoms with Crippen molar-refractivity contribution in [3.63, 3.8) is 0 Å². The van der Waals surface area contributed by atoms with Gasteiger partial charge in [-0.05, 0) is 30.5 Å². The number of hydrogen-bond donors (Lipinski definition) is 2. The fraction of sp³-hybridized carbons (Fsp3) is 0.300. The second-order valence-electron chi connectivity index (χ2n) is 7.36. The number of halogens is 3. The molecule has 1 saturated carbocycles. The van der Waals surface area contributed by atoms with Crippen molar-refractivity contribution < 1.29 is 13.2 Å². The summed E-state index contributed by atoms with van der Waals surface area (Å²) in [5.41, 5.74) is 3.19. The fourth-order valence-corrected chi connectivity index (χ4v) is 3.40. The van der Waals surface area contributed by atoms with Crippen LogP contribution >= 0.6 is 0 Å². The molecule has 1 aliphatic carbocycles. The summed E-state index contributed by atoms with van der Waals surface area (Å²) < 4.78 is 42.0. The van der Waals surface area contributed by atoms with Crippen LogP contribution in [0.4, 0.5) is 13.2 Å². The molecule has 1 unspecified atom stereocenters. The summed E-state index contributed by atoms with van der Waals surface area (Å²) in [7, 11) is 0. The number of nitrogens with zero attached hydrogens (tertiary/aromatic N) is 5. The minimum Gasteiger partial charge on any atom is -0.329 e. The summed E-state index contributed by atoms with van der Waals surface area (Å²) >= 11 is 0. The van der Waals surface area contributed by atoms with E-state index in [-0.39, 0.29) is 18.2 Å². The fourth-order valence-electron chi connectivity index (χ4n) is 3.40. The van der Waals surface area contributed by atoms with Crippen LogP contribution in [0.5, 0.6) is 0 Å². The van der Waals surface area contributed by atoms with E-state index in [1.165, 1.54) is 16.9 Å². The van der Waals surface area contributed by atoms with Gasteiger partial charge in [0.2, 0.25) is 0 Å². The lowest BCUT2D eigenvalue weighted by Gasteiger charge is -2.21. The zero-order chi connectivity index (χ0) is 20.7. The van der Waals surface area contributed by atoms with Crippen LogP contribution in [-0.2, 0) is 0 Å². The Morgan fingerprint density at radius 1 is 1.13 bits per heavy atom. The van der Waals surface area contributed by atoms with Crippen molar-refractivity contribution in [2.45, 2.75) is 31.0 Å². The molecule has 0 saturated heterocycles. The van der Waals surface area contributed by atoms with Crippen LogP contribution in [0.3, 0.4) is 0 Å². The van der Waals surface area contributed by atoms with Crippen molar-refractivity contribution in [1.29, 1.82) is 0 Å². The van der Waals surface area contributed by atoms with Gasteiger partial charge in [0.1, 0.15) is 5.52 Å². The molecule has 1 fully saturated rings. The summed E-state index contributed by atoms with van der Waals surface area (Å²) in [6.07, 6.45) is 5.49. The van der Waals surface area contributed by atoms with Gasteiger partial charge >= 0.3 is 6.18 Å². The molecule has 0 spiro atoms. The van der Waals surface area contributed by atoms with Crippen molar-refractivity contribution in [1.82, 2.24) is 35.0 Å². The number of aromatic nitrogens is 6. The van der Waals surface area contributed by atoms with Crippen molar-refractivity contribution in [2.24, 2.45) is 0 Å². The summed E-state index contributed by atoms with van der Waals surface area (Å²) in [5, 5.41) is 7.27. The molecule has 0 aromatic carbocycles. The molecule has 0 radical (unpaired) electrons. The lowest BCUT2D eigenvalue weighted by molar-refractivity contribution is -0.149. The summed E-state index contributed by atoms with van der Waals surface area (Å²) in [4.78, 5) is 15.7. The molecule has 4 aromatic rings. The Balaban J connectivity index is 1.40. The van der Waals surface area contributed by atoms with E-state index in [9.17, 15) is 13.2 Å². The number of imidazole rings is 1. The first-order valence-electron chi connectivity index (χ1n) is 9.58. The standard InChI is InChI=1S/C20H18F3N7/c21-20(22,23)16(9-25-14-2-3-14)12-1-4-17(26-7-12)30-10-13(8-29-30)15-5-6-24-19-18(15)27-11-28-19/h1,4-8,10-11,14,16,25H,2-3,9H2,(H,24,27,28). The van der Waals surface area contributed by atoms with Crippen molar-refractivity contribution in [2.75, 3.05) is 6.54 Å². The molecule has 10 heteroatoms. The first-order valence-corrected chi connectivity index (χ1v) is 9.58. The Morgan fingerprint density at radius 2 is 2.00 bits per heavy atom. The van der Waals surface area contributed by atoms with Gasteiger partial charge < -0.3 is 10.3 Å². The zero-order valence-electron chi connectivity index (χ0n) is 15.8. The summed E-state index contributed by atoms with van der Waals surface area (Å²) in [6.45, 7) is -0.136. The van der Waals surface area contributed by atoms with E-state index in [4.69, 9.17) is 0 Å². The average molecular weight is 413 g/mol. The number of aromatic amines is 1. The van der Waals surface area contributed by atoms with Crippen LogP contribution in [0.25, 0.3) is 28.1 Å². The topological polar surface area (TPSA) is 84.3 Å². The maximum absolute atomic E-state index is 13.5. The van der Waals surface area contributed by atoms with Crippen molar-refractivity contribution >= 4 is 11.2 Å². The molecule has 5 rings (SSSR count). The highest BCUT2D eigenvalue weighted by molar-refractivity contribution is 5.88. The van der Waals surface area contributed by atoms with E-state index in [0.717, 1.165) is 29.5 Å². The van der Waals surface area contributed by atoms with E-state index in [2.05, 4.69) is 30.4 Å². The molecule has 4 heterocycles. The van der Waals surface area contributed by atoms with Gasteiger partial charge in [-0.1, -0.05) is 6.07 Å². The first-order chi connectivity index (χ1) is 14.5. The van der Waals surface area contributed by atoms with Crippen molar-refractivity contribution in [3.05, 3.63) is 54.9 Å². The predicted molar refractivity (Wildman–Crippen MR) is 104 cm³/mol. The maximum atomic E-state index is 13.5. The molecule has 154 valence electrons. The number of fused-ring (bicyclic) bond motifs is 1. The lowest BCUT2D eigenvalue weighted by atomic mass is 10.0. The number of alkyl halides is 3. The maximum Gasteiger partial charge on any atom is 0.397 e. The van der Waals surface area contributed by atoms with Crippen LogP contribution in [0.2, 0.25) is 0 Å². The summed E-state index contributed by atoms with van der Waals surface area (Å²) in [6, 6.07) is 5.06. The number of rotatable bonds is 6. The third-order valence-electron chi connectivity index (χ3n) is 5.20. The highest BCUT2D eigenvalue weighted by Gasteiger charge is 2.41. The van der Waals surface area contributed by atoms with Gasteiger partial charge in [0.05, 0.1) is 18.4 Å². The Hall–Kier alpha value is -3.27. The molecule has 2 N–H and O–H groups in total. The van der Waals surface area contributed by atoms with E-state index in [0.29, 0.717) is 11.5 Å². The van der Waals surface area contributed by atoms with Crippen LogP contribution in [0.1, 0.15) is 24.3 Å².